The zero-order valence-electron chi connectivity index (χ0n) is 13.5. The van der Waals surface area contributed by atoms with E-state index in [1.54, 1.807) is 0 Å². The van der Waals surface area contributed by atoms with Crippen molar-refractivity contribution in [3.63, 3.8) is 0 Å². The van der Waals surface area contributed by atoms with Crippen LogP contribution in [0.5, 0.6) is 0 Å². The molecule has 0 saturated carbocycles. The van der Waals surface area contributed by atoms with Crippen LogP contribution in [-0.4, -0.2) is 0 Å². The second kappa shape index (κ2) is 6.51. The van der Waals surface area contributed by atoms with Crippen LogP contribution in [0, 0.1) is 11.3 Å². The third-order valence-corrected chi connectivity index (χ3v) is 4.13. The van der Waals surface area contributed by atoms with Crippen molar-refractivity contribution in [2.24, 2.45) is 0 Å². The van der Waals surface area contributed by atoms with Gasteiger partial charge < -0.3 is 4.42 Å². The summed E-state index contributed by atoms with van der Waals surface area (Å²) in [6, 6.07) is 28.0. The van der Waals surface area contributed by atoms with Crippen molar-refractivity contribution in [3.05, 3.63) is 95.6 Å². The Morgan fingerprint density at radius 1 is 0.760 bits per heavy atom. The number of nitriles is 1. The van der Waals surface area contributed by atoms with Gasteiger partial charge in [-0.1, -0.05) is 66.7 Å². The Labute approximate surface area is 146 Å². The van der Waals surface area contributed by atoms with Crippen LogP contribution in [0.25, 0.3) is 34.4 Å². The molecule has 0 spiro atoms. The van der Waals surface area contributed by atoms with Gasteiger partial charge in [0, 0.05) is 10.9 Å². The summed E-state index contributed by atoms with van der Waals surface area (Å²) >= 11 is 0. The lowest BCUT2D eigenvalue weighted by atomic mass is 10.1. The quantitative estimate of drug-likeness (QED) is 0.425. The number of para-hydroxylation sites is 1. The van der Waals surface area contributed by atoms with Crippen LogP contribution in [0.4, 0.5) is 0 Å². The minimum Gasteiger partial charge on any atom is -0.456 e. The summed E-state index contributed by atoms with van der Waals surface area (Å²) < 4.78 is 5.90. The molecular weight excluding hydrogens is 306 g/mol. The van der Waals surface area contributed by atoms with Crippen molar-refractivity contribution in [2.45, 2.75) is 0 Å². The van der Waals surface area contributed by atoms with E-state index in [0.29, 0.717) is 5.56 Å². The monoisotopic (exact) mass is 321 g/mol. The Hall–Kier alpha value is -3.57. The summed E-state index contributed by atoms with van der Waals surface area (Å²) in [4.78, 5) is 0. The molecule has 0 saturated heterocycles. The molecule has 0 bridgehead atoms. The number of fused-ring (bicyclic) bond motifs is 1. The molecular formula is C23H15NO. The van der Waals surface area contributed by atoms with Crippen LogP contribution in [0.3, 0.4) is 0 Å². The van der Waals surface area contributed by atoms with E-state index in [-0.39, 0.29) is 0 Å². The first-order valence-electron chi connectivity index (χ1n) is 8.09. The van der Waals surface area contributed by atoms with Gasteiger partial charge in [-0.15, -0.1) is 0 Å². The van der Waals surface area contributed by atoms with Gasteiger partial charge in [-0.05, 0) is 35.4 Å². The van der Waals surface area contributed by atoms with Crippen LogP contribution in [0.15, 0.2) is 83.3 Å². The molecule has 0 radical (unpaired) electrons. The number of nitrogens with zero attached hydrogens (tertiary/aromatic N) is 1. The fraction of sp³-hybridized carbons (Fsp3) is 0. The molecule has 0 atom stereocenters. The van der Waals surface area contributed by atoms with Crippen LogP contribution >= 0.6 is 0 Å². The summed E-state index contributed by atoms with van der Waals surface area (Å²) in [6.45, 7) is 0. The summed E-state index contributed by atoms with van der Waals surface area (Å²) in [6.07, 6.45) is 4.10. The maximum absolute atomic E-state index is 8.83. The Morgan fingerprint density at radius 3 is 2.04 bits per heavy atom. The number of rotatable bonds is 3. The molecule has 0 fully saturated rings. The highest BCUT2D eigenvalue weighted by Gasteiger charge is 2.05. The minimum absolute atomic E-state index is 0.673. The van der Waals surface area contributed by atoms with Crippen molar-refractivity contribution >= 4 is 23.1 Å². The smallest absolute Gasteiger partial charge is 0.135 e. The highest BCUT2D eigenvalue weighted by molar-refractivity contribution is 5.83. The van der Waals surface area contributed by atoms with Gasteiger partial charge in [0.05, 0.1) is 11.6 Å². The fourth-order valence-corrected chi connectivity index (χ4v) is 2.74. The molecule has 0 aliphatic heterocycles. The van der Waals surface area contributed by atoms with Crippen LogP contribution in [-0.2, 0) is 0 Å². The average molecular weight is 321 g/mol. The van der Waals surface area contributed by atoms with Gasteiger partial charge in [-0.25, -0.2) is 0 Å². The molecule has 25 heavy (non-hydrogen) atoms. The van der Waals surface area contributed by atoms with Crippen molar-refractivity contribution in [1.29, 1.82) is 5.26 Å². The molecule has 0 N–H and O–H groups in total. The highest BCUT2D eigenvalue weighted by atomic mass is 16.3. The first-order chi connectivity index (χ1) is 12.3. The molecule has 0 aliphatic carbocycles. The molecule has 0 unspecified atom stereocenters. The molecule has 4 aromatic rings. The maximum atomic E-state index is 8.83. The summed E-state index contributed by atoms with van der Waals surface area (Å²) in [5, 5.41) is 9.94. The predicted molar refractivity (Wildman–Crippen MR) is 102 cm³/mol. The van der Waals surface area contributed by atoms with Crippen molar-refractivity contribution < 1.29 is 4.42 Å². The molecule has 2 nitrogen and oxygen atoms in total. The number of hydrogen-bond acceptors (Lipinski definition) is 2. The second-order valence-corrected chi connectivity index (χ2v) is 5.84. The van der Waals surface area contributed by atoms with Gasteiger partial charge in [-0.3, -0.25) is 0 Å². The molecule has 1 aromatic heterocycles. The molecule has 118 valence electrons. The third-order valence-electron chi connectivity index (χ3n) is 4.13. The number of furan rings is 1. The largest absolute Gasteiger partial charge is 0.456 e. The minimum atomic E-state index is 0.673. The molecule has 0 aliphatic rings. The van der Waals surface area contributed by atoms with Gasteiger partial charge >= 0.3 is 0 Å². The Bertz CT molecular complexity index is 1040. The second-order valence-electron chi connectivity index (χ2n) is 5.84. The first-order valence-corrected chi connectivity index (χ1v) is 8.09. The summed E-state index contributed by atoms with van der Waals surface area (Å²) in [5.41, 5.74) is 4.82. The van der Waals surface area contributed by atoms with Gasteiger partial charge in [0.1, 0.15) is 11.3 Å². The SMILES string of the molecule is N#Cc1ccc(/C=C/c2ccc(-c3cc4ccccc4o3)cc2)cc1. The highest BCUT2D eigenvalue weighted by Crippen LogP contribution is 2.28. The fourth-order valence-electron chi connectivity index (χ4n) is 2.74. The van der Waals surface area contributed by atoms with Crippen LogP contribution in [0.1, 0.15) is 16.7 Å². The van der Waals surface area contributed by atoms with Crippen molar-refractivity contribution in [3.8, 4) is 17.4 Å². The predicted octanol–water partition coefficient (Wildman–Crippen LogP) is 6.14. The Balaban J connectivity index is 1.55. The van der Waals surface area contributed by atoms with E-state index in [9.17, 15) is 0 Å². The van der Waals surface area contributed by atoms with E-state index in [1.165, 1.54) is 0 Å². The zero-order chi connectivity index (χ0) is 17.1. The van der Waals surface area contributed by atoms with Gasteiger partial charge in [0.15, 0.2) is 0 Å². The average Bonchev–Trinajstić information content (AvgIpc) is 3.11. The van der Waals surface area contributed by atoms with Crippen molar-refractivity contribution in [1.82, 2.24) is 0 Å². The van der Waals surface area contributed by atoms with Crippen molar-refractivity contribution in [2.75, 3.05) is 0 Å². The van der Waals surface area contributed by atoms with E-state index in [1.807, 2.05) is 48.5 Å². The third kappa shape index (κ3) is 3.22. The Morgan fingerprint density at radius 2 is 1.40 bits per heavy atom. The zero-order valence-corrected chi connectivity index (χ0v) is 13.5. The van der Waals surface area contributed by atoms with Gasteiger partial charge in [-0.2, -0.15) is 5.26 Å². The van der Waals surface area contributed by atoms with E-state index >= 15 is 0 Å². The topological polar surface area (TPSA) is 36.9 Å². The lowest BCUT2D eigenvalue weighted by Gasteiger charge is -1.98. The molecule has 0 amide bonds. The van der Waals surface area contributed by atoms with E-state index < -0.39 is 0 Å². The summed E-state index contributed by atoms with van der Waals surface area (Å²) in [7, 11) is 0. The molecule has 3 aromatic carbocycles. The van der Waals surface area contributed by atoms with Gasteiger partial charge in [0.25, 0.3) is 0 Å². The number of hydrogen-bond donors (Lipinski definition) is 0. The van der Waals surface area contributed by atoms with E-state index in [0.717, 1.165) is 33.4 Å². The molecule has 4 rings (SSSR count). The normalized spacial score (nSPS) is 11.0. The standard InChI is InChI=1S/C23H15NO/c24-16-19-9-7-17(8-10-19)5-6-18-11-13-20(14-12-18)23-15-21-3-1-2-4-22(21)25-23/h1-15H/b6-5+. The lowest BCUT2D eigenvalue weighted by Crippen LogP contribution is -1.77. The van der Waals surface area contributed by atoms with Crippen LogP contribution < -0.4 is 0 Å². The lowest BCUT2D eigenvalue weighted by molar-refractivity contribution is 0.631. The maximum Gasteiger partial charge on any atom is 0.135 e. The van der Waals surface area contributed by atoms with Gasteiger partial charge in [0.2, 0.25) is 0 Å². The molecule has 2 heteroatoms. The first kappa shape index (κ1) is 15.0. The van der Waals surface area contributed by atoms with E-state index in [2.05, 4.69) is 48.5 Å². The Kier molecular flexibility index (Phi) is 3.90. The van der Waals surface area contributed by atoms with E-state index in [4.69, 9.17) is 9.68 Å². The van der Waals surface area contributed by atoms with Crippen LogP contribution in [0.2, 0.25) is 0 Å². The summed E-state index contributed by atoms with van der Waals surface area (Å²) in [5.74, 6) is 0.879. The number of benzene rings is 3. The molecule has 1 heterocycles.